The van der Waals surface area contributed by atoms with Crippen LogP contribution in [-0.2, 0) is 13.5 Å². The molecule has 1 saturated carbocycles. The van der Waals surface area contributed by atoms with E-state index in [2.05, 4.69) is 5.10 Å². The van der Waals surface area contributed by atoms with Gasteiger partial charge < -0.3 is 5.11 Å². The molecule has 17 heavy (non-hydrogen) atoms. The van der Waals surface area contributed by atoms with Crippen LogP contribution in [0, 0.1) is 12.8 Å². The zero-order valence-electron chi connectivity index (χ0n) is 10.6. The molecule has 3 nitrogen and oxygen atoms in total. The number of halogens is 1. The minimum absolute atomic E-state index is 0.279. The van der Waals surface area contributed by atoms with Crippen LogP contribution >= 0.6 is 11.6 Å². The lowest BCUT2D eigenvalue weighted by Gasteiger charge is -2.15. The Morgan fingerprint density at radius 1 is 1.47 bits per heavy atom. The summed E-state index contributed by atoms with van der Waals surface area (Å²) >= 11 is 6.16. The number of rotatable bonds is 4. The van der Waals surface area contributed by atoms with E-state index in [9.17, 15) is 5.11 Å². The Morgan fingerprint density at radius 2 is 2.12 bits per heavy atom. The second-order valence-electron chi connectivity index (χ2n) is 5.22. The normalized spacial score (nSPS) is 18.8. The molecule has 0 radical (unpaired) electrons. The van der Waals surface area contributed by atoms with Crippen molar-refractivity contribution < 1.29 is 5.11 Å². The van der Waals surface area contributed by atoms with E-state index >= 15 is 0 Å². The largest absolute Gasteiger partial charge is 0.393 e. The first-order chi connectivity index (χ1) is 8.08. The number of hydrogen-bond donors (Lipinski definition) is 1. The molecule has 0 aliphatic heterocycles. The number of aliphatic hydroxyl groups is 1. The van der Waals surface area contributed by atoms with Crippen LogP contribution in [0.25, 0.3) is 0 Å². The zero-order valence-corrected chi connectivity index (χ0v) is 11.4. The van der Waals surface area contributed by atoms with Gasteiger partial charge in [-0.05, 0) is 19.3 Å². The molecule has 2 rings (SSSR count). The van der Waals surface area contributed by atoms with Crippen LogP contribution in [-0.4, -0.2) is 21.0 Å². The van der Waals surface area contributed by atoms with E-state index in [4.69, 9.17) is 11.6 Å². The van der Waals surface area contributed by atoms with Gasteiger partial charge in [-0.2, -0.15) is 5.10 Å². The van der Waals surface area contributed by atoms with Crippen molar-refractivity contribution in [2.24, 2.45) is 13.0 Å². The fourth-order valence-electron chi connectivity index (χ4n) is 2.86. The van der Waals surface area contributed by atoms with Gasteiger partial charge in [0.1, 0.15) is 5.15 Å². The Kier molecular flexibility index (Phi) is 4.10. The van der Waals surface area contributed by atoms with Crippen LogP contribution < -0.4 is 0 Å². The van der Waals surface area contributed by atoms with Gasteiger partial charge in [0.2, 0.25) is 0 Å². The molecular weight excluding hydrogens is 236 g/mol. The first kappa shape index (κ1) is 12.9. The van der Waals surface area contributed by atoms with Gasteiger partial charge in [-0.1, -0.05) is 37.3 Å². The van der Waals surface area contributed by atoms with Crippen molar-refractivity contribution in [3.63, 3.8) is 0 Å². The number of aromatic nitrogens is 2. The Hall–Kier alpha value is -0.540. The van der Waals surface area contributed by atoms with E-state index in [0.29, 0.717) is 17.5 Å². The quantitative estimate of drug-likeness (QED) is 0.900. The van der Waals surface area contributed by atoms with Gasteiger partial charge in [0.15, 0.2) is 0 Å². The fourth-order valence-corrected chi connectivity index (χ4v) is 3.11. The molecule has 96 valence electrons. The van der Waals surface area contributed by atoms with Gasteiger partial charge in [-0.15, -0.1) is 0 Å². The highest BCUT2D eigenvalue weighted by Crippen LogP contribution is 2.30. The van der Waals surface area contributed by atoms with Gasteiger partial charge in [0.05, 0.1) is 11.8 Å². The Balaban J connectivity index is 1.95. The maximum Gasteiger partial charge on any atom is 0.130 e. The van der Waals surface area contributed by atoms with Crippen molar-refractivity contribution in [1.29, 1.82) is 0 Å². The van der Waals surface area contributed by atoms with Crippen molar-refractivity contribution in [3.05, 3.63) is 16.4 Å². The highest BCUT2D eigenvalue weighted by Gasteiger charge is 2.21. The summed E-state index contributed by atoms with van der Waals surface area (Å²) in [6, 6.07) is 0. The van der Waals surface area contributed by atoms with Crippen LogP contribution in [0.3, 0.4) is 0 Å². The lowest BCUT2D eigenvalue weighted by Crippen LogP contribution is -2.15. The molecule has 1 aromatic heterocycles. The van der Waals surface area contributed by atoms with Crippen LogP contribution in [0.2, 0.25) is 5.15 Å². The summed E-state index contributed by atoms with van der Waals surface area (Å²) in [6.45, 7) is 1.95. The van der Waals surface area contributed by atoms with Gasteiger partial charge in [-0.3, -0.25) is 4.68 Å². The minimum Gasteiger partial charge on any atom is -0.393 e. The lowest BCUT2D eigenvalue weighted by atomic mass is 9.96. The molecule has 0 bridgehead atoms. The highest BCUT2D eigenvalue weighted by atomic mass is 35.5. The van der Waals surface area contributed by atoms with Gasteiger partial charge in [0, 0.05) is 19.0 Å². The second kappa shape index (κ2) is 5.40. The zero-order chi connectivity index (χ0) is 12.4. The van der Waals surface area contributed by atoms with Gasteiger partial charge in [-0.25, -0.2) is 0 Å². The Bertz CT molecular complexity index is 383. The Morgan fingerprint density at radius 3 is 2.65 bits per heavy atom. The molecule has 1 aliphatic carbocycles. The first-order valence-corrected chi connectivity index (χ1v) is 6.81. The molecule has 0 saturated heterocycles. The molecule has 1 fully saturated rings. The molecule has 1 aromatic rings. The average molecular weight is 257 g/mol. The maximum atomic E-state index is 10.1. The number of aryl methyl sites for hydroxylation is 2. The maximum absolute atomic E-state index is 10.1. The van der Waals surface area contributed by atoms with Crippen LogP contribution in [0.15, 0.2) is 0 Å². The standard InChI is InChI=1S/C13H21ClN2O/c1-9-12(13(14)16(2)15-9)8-11(17)7-10-5-3-4-6-10/h10-11,17H,3-8H2,1-2H3. The molecule has 1 N–H and O–H groups in total. The summed E-state index contributed by atoms with van der Waals surface area (Å²) in [5.41, 5.74) is 1.93. The first-order valence-electron chi connectivity index (χ1n) is 6.44. The molecule has 1 atom stereocenters. The SMILES string of the molecule is Cc1nn(C)c(Cl)c1CC(O)CC1CCCC1. The smallest absolute Gasteiger partial charge is 0.130 e. The molecule has 1 unspecified atom stereocenters. The molecule has 1 aliphatic rings. The Labute approximate surface area is 108 Å². The fraction of sp³-hybridized carbons (Fsp3) is 0.769. The van der Waals surface area contributed by atoms with Gasteiger partial charge >= 0.3 is 0 Å². The van der Waals surface area contributed by atoms with E-state index in [1.807, 2.05) is 14.0 Å². The van der Waals surface area contributed by atoms with Gasteiger partial charge in [0.25, 0.3) is 0 Å². The molecular formula is C13H21ClN2O. The third-order valence-corrected chi connectivity index (χ3v) is 4.26. The summed E-state index contributed by atoms with van der Waals surface area (Å²) in [7, 11) is 1.84. The summed E-state index contributed by atoms with van der Waals surface area (Å²) in [6.07, 6.45) is 6.46. The molecule has 1 heterocycles. The lowest BCUT2D eigenvalue weighted by molar-refractivity contribution is 0.143. The molecule has 0 spiro atoms. The summed E-state index contributed by atoms with van der Waals surface area (Å²) in [5, 5.41) is 15.1. The van der Waals surface area contributed by atoms with Crippen molar-refractivity contribution in [3.8, 4) is 0 Å². The number of nitrogens with zero attached hydrogens (tertiary/aromatic N) is 2. The topological polar surface area (TPSA) is 38.0 Å². The van der Waals surface area contributed by atoms with Crippen molar-refractivity contribution in [2.45, 2.75) is 51.6 Å². The summed E-state index contributed by atoms with van der Waals surface area (Å²) < 4.78 is 1.68. The van der Waals surface area contributed by atoms with E-state index in [1.165, 1.54) is 25.7 Å². The average Bonchev–Trinajstić information content (AvgIpc) is 2.83. The van der Waals surface area contributed by atoms with Crippen molar-refractivity contribution >= 4 is 11.6 Å². The summed E-state index contributed by atoms with van der Waals surface area (Å²) in [4.78, 5) is 0. The summed E-state index contributed by atoms with van der Waals surface area (Å²) in [5.74, 6) is 0.709. The third kappa shape index (κ3) is 3.02. The van der Waals surface area contributed by atoms with Crippen molar-refractivity contribution in [1.82, 2.24) is 9.78 Å². The van der Waals surface area contributed by atoms with Crippen LogP contribution in [0.1, 0.15) is 43.4 Å². The third-order valence-electron chi connectivity index (χ3n) is 3.79. The predicted octanol–water partition coefficient (Wildman–Crippen LogP) is 2.87. The van der Waals surface area contributed by atoms with Crippen molar-refractivity contribution in [2.75, 3.05) is 0 Å². The minimum atomic E-state index is -0.279. The molecule has 0 amide bonds. The van der Waals surface area contributed by atoms with Crippen LogP contribution in [0.5, 0.6) is 0 Å². The predicted molar refractivity (Wildman–Crippen MR) is 69.2 cm³/mol. The molecule has 4 heteroatoms. The van der Waals surface area contributed by atoms with E-state index in [0.717, 1.165) is 17.7 Å². The number of hydrogen-bond acceptors (Lipinski definition) is 2. The van der Waals surface area contributed by atoms with E-state index in [-0.39, 0.29) is 6.10 Å². The number of aliphatic hydroxyl groups excluding tert-OH is 1. The molecule has 0 aromatic carbocycles. The second-order valence-corrected chi connectivity index (χ2v) is 5.58. The van der Waals surface area contributed by atoms with Crippen LogP contribution in [0.4, 0.5) is 0 Å². The van der Waals surface area contributed by atoms with E-state index in [1.54, 1.807) is 4.68 Å². The van der Waals surface area contributed by atoms with E-state index < -0.39 is 0 Å². The monoisotopic (exact) mass is 256 g/mol. The highest BCUT2D eigenvalue weighted by molar-refractivity contribution is 6.30.